The first-order chi connectivity index (χ1) is 9.08. The van der Waals surface area contributed by atoms with Gasteiger partial charge in [-0.15, -0.1) is 0 Å². The van der Waals surface area contributed by atoms with E-state index in [9.17, 15) is 4.79 Å². The Labute approximate surface area is 112 Å². The SMILES string of the molecule is COc1cccc(C(=O)Nc2cc(C)nc(C)c2)c1. The summed E-state index contributed by atoms with van der Waals surface area (Å²) in [6, 6.07) is 10.7. The van der Waals surface area contributed by atoms with Crippen LogP contribution in [-0.4, -0.2) is 18.0 Å². The van der Waals surface area contributed by atoms with Gasteiger partial charge in [0, 0.05) is 22.6 Å². The number of amides is 1. The summed E-state index contributed by atoms with van der Waals surface area (Å²) in [4.78, 5) is 16.4. The quantitative estimate of drug-likeness (QED) is 0.918. The molecule has 98 valence electrons. The van der Waals surface area contributed by atoms with Gasteiger partial charge < -0.3 is 10.1 Å². The number of nitrogens with one attached hydrogen (secondary N) is 1. The molecule has 2 rings (SSSR count). The molecule has 0 saturated carbocycles. The summed E-state index contributed by atoms with van der Waals surface area (Å²) < 4.78 is 5.10. The number of aryl methyl sites for hydroxylation is 2. The van der Waals surface area contributed by atoms with Crippen LogP contribution in [-0.2, 0) is 0 Å². The van der Waals surface area contributed by atoms with E-state index in [-0.39, 0.29) is 5.91 Å². The van der Waals surface area contributed by atoms with E-state index in [4.69, 9.17) is 4.74 Å². The molecule has 1 N–H and O–H groups in total. The minimum Gasteiger partial charge on any atom is -0.497 e. The molecule has 1 aromatic heterocycles. The van der Waals surface area contributed by atoms with Crippen molar-refractivity contribution in [2.24, 2.45) is 0 Å². The minimum absolute atomic E-state index is 0.163. The highest BCUT2D eigenvalue weighted by Crippen LogP contribution is 2.16. The fraction of sp³-hybridized carbons (Fsp3) is 0.200. The third-order valence-electron chi connectivity index (χ3n) is 2.67. The number of carbonyl (C=O) groups is 1. The summed E-state index contributed by atoms with van der Waals surface area (Å²) in [6.45, 7) is 3.79. The van der Waals surface area contributed by atoms with Crippen LogP contribution in [0.25, 0.3) is 0 Å². The van der Waals surface area contributed by atoms with E-state index in [2.05, 4.69) is 10.3 Å². The molecule has 2 aromatic rings. The van der Waals surface area contributed by atoms with E-state index in [1.54, 1.807) is 31.4 Å². The zero-order valence-electron chi connectivity index (χ0n) is 11.2. The first-order valence-corrected chi connectivity index (χ1v) is 5.99. The lowest BCUT2D eigenvalue weighted by Crippen LogP contribution is -2.12. The number of rotatable bonds is 3. The predicted octanol–water partition coefficient (Wildman–Crippen LogP) is 2.96. The fourth-order valence-corrected chi connectivity index (χ4v) is 1.87. The van der Waals surface area contributed by atoms with Crippen LogP contribution in [0.1, 0.15) is 21.7 Å². The standard InChI is InChI=1S/C15H16N2O2/c1-10-7-13(8-11(2)16-10)17-15(18)12-5-4-6-14(9-12)19-3/h4-9H,1-3H3,(H,16,17,18). The molecule has 1 amide bonds. The maximum absolute atomic E-state index is 12.1. The van der Waals surface area contributed by atoms with Crippen LogP contribution in [0.15, 0.2) is 36.4 Å². The maximum atomic E-state index is 12.1. The highest BCUT2D eigenvalue weighted by Gasteiger charge is 2.07. The van der Waals surface area contributed by atoms with Gasteiger partial charge in [-0.3, -0.25) is 9.78 Å². The topological polar surface area (TPSA) is 51.2 Å². The molecule has 0 fully saturated rings. The summed E-state index contributed by atoms with van der Waals surface area (Å²) in [5.41, 5.74) is 3.06. The Bertz CT molecular complexity index is 589. The van der Waals surface area contributed by atoms with Gasteiger partial charge >= 0.3 is 0 Å². The summed E-state index contributed by atoms with van der Waals surface area (Å²) in [5, 5.41) is 2.86. The molecular weight excluding hydrogens is 240 g/mol. The number of hydrogen-bond acceptors (Lipinski definition) is 3. The van der Waals surface area contributed by atoms with Crippen molar-refractivity contribution in [2.75, 3.05) is 12.4 Å². The van der Waals surface area contributed by atoms with Crippen molar-refractivity contribution in [3.8, 4) is 5.75 Å². The Hall–Kier alpha value is -2.36. The van der Waals surface area contributed by atoms with Crippen molar-refractivity contribution >= 4 is 11.6 Å². The highest BCUT2D eigenvalue weighted by molar-refractivity contribution is 6.04. The normalized spacial score (nSPS) is 10.1. The van der Waals surface area contributed by atoms with Gasteiger partial charge in [0.25, 0.3) is 5.91 Å². The van der Waals surface area contributed by atoms with Crippen LogP contribution in [0, 0.1) is 13.8 Å². The third-order valence-corrected chi connectivity index (χ3v) is 2.67. The summed E-state index contributed by atoms with van der Waals surface area (Å²) in [5.74, 6) is 0.499. The van der Waals surface area contributed by atoms with Crippen molar-refractivity contribution < 1.29 is 9.53 Å². The van der Waals surface area contributed by atoms with E-state index in [0.717, 1.165) is 17.1 Å². The van der Waals surface area contributed by atoms with E-state index in [0.29, 0.717) is 11.3 Å². The molecule has 4 heteroatoms. The van der Waals surface area contributed by atoms with Crippen LogP contribution in [0.3, 0.4) is 0 Å². The van der Waals surface area contributed by atoms with Gasteiger partial charge in [0.1, 0.15) is 5.75 Å². The van der Waals surface area contributed by atoms with Gasteiger partial charge in [-0.1, -0.05) is 6.07 Å². The number of nitrogens with zero attached hydrogens (tertiary/aromatic N) is 1. The van der Waals surface area contributed by atoms with Crippen LogP contribution in [0.4, 0.5) is 5.69 Å². The van der Waals surface area contributed by atoms with Crippen LogP contribution in [0.2, 0.25) is 0 Å². The van der Waals surface area contributed by atoms with Gasteiger partial charge in [-0.05, 0) is 44.2 Å². The number of methoxy groups -OCH3 is 1. The average Bonchev–Trinajstić information content (AvgIpc) is 2.37. The smallest absolute Gasteiger partial charge is 0.255 e. The second-order valence-corrected chi connectivity index (χ2v) is 4.32. The Morgan fingerprint density at radius 3 is 2.47 bits per heavy atom. The van der Waals surface area contributed by atoms with Gasteiger partial charge in [0.05, 0.1) is 7.11 Å². The first kappa shape index (κ1) is 13.1. The summed E-state index contributed by atoms with van der Waals surface area (Å²) in [7, 11) is 1.58. The number of aromatic nitrogens is 1. The summed E-state index contributed by atoms with van der Waals surface area (Å²) in [6.07, 6.45) is 0. The Morgan fingerprint density at radius 1 is 1.16 bits per heavy atom. The van der Waals surface area contributed by atoms with Crippen LogP contribution in [0.5, 0.6) is 5.75 Å². The molecule has 1 aromatic carbocycles. The lowest BCUT2D eigenvalue weighted by molar-refractivity contribution is 0.102. The van der Waals surface area contributed by atoms with Crippen molar-refractivity contribution in [3.63, 3.8) is 0 Å². The molecular formula is C15H16N2O2. The van der Waals surface area contributed by atoms with E-state index < -0.39 is 0 Å². The van der Waals surface area contributed by atoms with Crippen molar-refractivity contribution in [3.05, 3.63) is 53.3 Å². The lowest BCUT2D eigenvalue weighted by atomic mass is 10.2. The Kier molecular flexibility index (Phi) is 3.80. The molecule has 0 bridgehead atoms. The molecule has 0 saturated heterocycles. The first-order valence-electron chi connectivity index (χ1n) is 5.99. The molecule has 0 aliphatic carbocycles. The molecule has 0 atom stereocenters. The average molecular weight is 256 g/mol. The number of benzene rings is 1. The monoisotopic (exact) mass is 256 g/mol. The Balaban J connectivity index is 2.20. The Morgan fingerprint density at radius 2 is 1.84 bits per heavy atom. The fourth-order valence-electron chi connectivity index (χ4n) is 1.87. The van der Waals surface area contributed by atoms with E-state index in [1.807, 2.05) is 26.0 Å². The molecule has 19 heavy (non-hydrogen) atoms. The van der Waals surface area contributed by atoms with Crippen LogP contribution >= 0.6 is 0 Å². The maximum Gasteiger partial charge on any atom is 0.255 e. The number of hydrogen-bond donors (Lipinski definition) is 1. The second kappa shape index (κ2) is 5.52. The lowest BCUT2D eigenvalue weighted by Gasteiger charge is -2.08. The molecule has 0 unspecified atom stereocenters. The molecule has 0 aliphatic rings. The highest BCUT2D eigenvalue weighted by atomic mass is 16.5. The molecule has 0 aliphatic heterocycles. The molecule has 1 heterocycles. The third kappa shape index (κ3) is 3.31. The van der Waals surface area contributed by atoms with Gasteiger partial charge in [0.15, 0.2) is 0 Å². The predicted molar refractivity (Wildman–Crippen MR) is 74.7 cm³/mol. The number of anilines is 1. The van der Waals surface area contributed by atoms with E-state index >= 15 is 0 Å². The minimum atomic E-state index is -0.163. The number of carbonyl (C=O) groups excluding carboxylic acids is 1. The van der Waals surface area contributed by atoms with Gasteiger partial charge in [-0.2, -0.15) is 0 Å². The second-order valence-electron chi connectivity index (χ2n) is 4.32. The summed E-state index contributed by atoms with van der Waals surface area (Å²) >= 11 is 0. The molecule has 0 spiro atoms. The molecule has 4 nitrogen and oxygen atoms in total. The van der Waals surface area contributed by atoms with Crippen molar-refractivity contribution in [1.29, 1.82) is 0 Å². The van der Waals surface area contributed by atoms with Gasteiger partial charge in [0.2, 0.25) is 0 Å². The van der Waals surface area contributed by atoms with E-state index in [1.165, 1.54) is 0 Å². The zero-order chi connectivity index (χ0) is 13.8. The van der Waals surface area contributed by atoms with Gasteiger partial charge in [-0.25, -0.2) is 0 Å². The van der Waals surface area contributed by atoms with Crippen molar-refractivity contribution in [1.82, 2.24) is 4.98 Å². The zero-order valence-corrected chi connectivity index (χ0v) is 11.2. The molecule has 0 radical (unpaired) electrons. The number of pyridine rings is 1. The van der Waals surface area contributed by atoms with Crippen LogP contribution < -0.4 is 10.1 Å². The largest absolute Gasteiger partial charge is 0.497 e. The number of ether oxygens (including phenoxy) is 1. The van der Waals surface area contributed by atoms with Crippen molar-refractivity contribution in [2.45, 2.75) is 13.8 Å².